The molecule has 1 aromatic heterocycles. The molecule has 1 heterocycles. The fourth-order valence-corrected chi connectivity index (χ4v) is 2.20. The van der Waals surface area contributed by atoms with Crippen LogP contribution in [0.25, 0.3) is 0 Å². The van der Waals surface area contributed by atoms with Crippen LogP contribution in [0.15, 0.2) is 18.3 Å². The van der Waals surface area contributed by atoms with Crippen molar-refractivity contribution in [2.24, 2.45) is 0 Å². The SMILES string of the molecule is CC(C)(C)OC(=O)NC1CCCc2cccnc21. The number of alkyl carbamates (subject to hydrolysis) is 1. The van der Waals surface area contributed by atoms with Crippen molar-refractivity contribution in [2.45, 2.75) is 51.7 Å². The van der Waals surface area contributed by atoms with Gasteiger partial charge in [-0.25, -0.2) is 4.79 Å². The normalized spacial score (nSPS) is 18.9. The predicted molar refractivity (Wildman–Crippen MR) is 69.3 cm³/mol. The lowest BCUT2D eigenvalue weighted by atomic mass is 9.92. The van der Waals surface area contributed by atoms with Crippen molar-refractivity contribution in [3.05, 3.63) is 29.6 Å². The van der Waals surface area contributed by atoms with Crippen molar-refractivity contribution >= 4 is 6.09 Å². The van der Waals surface area contributed by atoms with Gasteiger partial charge in [-0.2, -0.15) is 0 Å². The maximum absolute atomic E-state index is 11.8. The molecule has 4 heteroatoms. The molecule has 98 valence electrons. The fraction of sp³-hybridized carbons (Fsp3) is 0.571. The first kappa shape index (κ1) is 12.9. The lowest BCUT2D eigenvalue weighted by Gasteiger charge is -2.27. The Morgan fingerprint density at radius 1 is 1.50 bits per heavy atom. The molecule has 1 N–H and O–H groups in total. The van der Waals surface area contributed by atoms with E-state index >= 15 is 0 Å². The molecule has 1 atom stereocenters. The van der Waals surface area contributed by atoms with Crippen LogP contribution in [-0.2, 0) is 11.2 Å². The maximum atomic E-state index is 11.8. The van der Waals surface area contributed by atoms with Gasteiger partial charge in [-0.15, -0.1) is 0 Å². The van der Waals surface area contributed by atoms with Gasteiger partial charge < -0.3 is 10.1 Å². The molecule has 0 aromatic carbocycles. The molecule has 0 radical (unpaired) electrons. The van der Waals surface area contributed by atoms with Crippen LogP contribution >= 0.6 is 0 Å². The summed E-state index contributed by atoms with van der Waals surface area (Å²) < 4.78 is 5.28. The standard InChI is InChI=1S/C14H20N2O2/c1-14(2,3)18-13(17)16-11-8-4-6-10-7-5-9-15-12(10)11/h5,7,9,11H,4,6,8H2,1-3H3,(H,16,17). The number of ether oxygens (including phenoxy) is 1. The summed E-state index contributed by atoms with van der Waals surface area (Å²) in [4.78, 5) is 16.2. The highest BCUT2D eigenvalue weighted by Crippen LogP contribution is 2.27. The molecular weight excluding hydrogens is 228 g/mol. The summed E-state index contributed by atoms with van der Waals surface area (Å²) in [7, 11) is 0. The summed E-state index contributed by atoms with van der Waals surface area (Å²) >= 11 is 0. The molecule has 0 spiro atoms. The van der Waals surface area contributed by atoms with Crippen LogP contribution in [0.1, 0.15) is 50.9 Å². The summed E-state index contributed by atoms with van der Waals surface area (Å²) in [6, 6.07) is 3.99. The highest BCUT2D eigenvalue weighted by Gasteiger charge is 2.25. The zero-order valence-corrected chi connectivity index (χ0v) is 11.2. The van der Waals surface area contributed by atoms with E-state index in [1.54, 1.807) is 6.20 Å². The number of fused-ring (bicyclic) bond motifs is 1. The first-order valence-corrected chi connectivity index (χ1v) is 6.39. The Labute approximate surface area is 108 Å². The predicted octanol–water partition coefficient (Wildman–Crippen LogP) is 2.98. The monoisotopic (exact) mass is 248 g/mol. The topological polar surface area (TPSA) is 51.2 Å². The Balaban J connectivity index is 2.05. The lowest BCUT2D eigenvalue weighted by Crippen LogP contribution is -2.36. The lowest BCUT2D eigenvalue weighted by molar-refractivity contribution is 0.0497. The van der Waals surface area contributed by atoms with Gasteiger partial charge in [-0.3, -0.25) is 4.98 Å². The third-order valence-electron chi connectivity index (χ3n) is 2.89. The molecule has 1 aromatic rings. The molecule has 1 unspecified atom stereocenters. The van der Waals surface area contributed by atoms with Crippen LogP contribution in [0.5, 0.6) is 0 Å². The number of hydrogen-bond acceptors (Lipinski definition) is 3. The quantitative estimate of drug-likeness (QED) is 0.831. The smallest absolute Gasteiger partial charge is 0.408 e. The van der Waals surface area contributed by atoms with Crippen LogP contribution in [0, 0.1) is 0 Å². The Kier molecular flexibility index (Phi) is 3.55. The van der Waals surface area contributed by atoms with Gasteiger partial charge in [-0.05, 0) is 51.7 Å². The van der Waals surface area contributed by atoms with E-state index in [0.29, 0.717) is 0 Å². The molecule has 0 saturated heterocycles. The van der Waals surface area contributed by atoms with Crippen LogP contribution in [0.4, 0.5) is 4.79 Å². The molecular formula is C14H20N2O2. The van der Waals surface area contributed by atoms with E-state index < -0.39 is 5.60 Å². The minimum atomic E-state index is -0.467. The molecule has 0 bridgehead atoms. The van der Waals surface area contributed by atoms with Crippen molar-refractivity contribution in [1.29, 1.82) is 0 Å². The molecule has 0 aliphatic heterocycles. The molecule has 2 rings (SSSR count). The second-order valence-electron chi connectivity index (χ2n) is 5.64. The van der Waals surface area contributed by atoms with Gasteiger partial charge in [0.2, 0.25) is 0 Å². The second-order valence-corrected chi connectivity index (χ2v) is 5.64. The van der Waals surface area contributed by atoms with Crippen molar-refractivity contribution in [1.82, 2.24) is 10.3 Å². The fourth-order valence-electron chi connectivity index (χ4n) is 2.20. The van der Waals surface area contributed by atoms with Gasteiger partial charge in [-0.1, -0.05) is 6.07 Å². The summed E-state index contributed by atoms with van der Waals surface area (Å²) in [6.07, 6.45) is 4.43. The number of aryl methyl sites for hydroxylation is 1. The average molecular weight is 248 g/mol. The first-order chi connectivity index (χ1) is 8.46. The number of carbonyl (C=O) groups excluding carboxylic acids is 1. The van der Waals surface area contributed by atoms with Gasteiger partial charge in [0.1, 0.15) is 5.60 Å². The number of carbonyl (C=O) groups is 1. The van der Waals surface area contributed by atoms with E-state index in [2.05, 4.69) is 16.4 Å². The highest BCUT2D eigenvalue weighted by molar-refractivity contribution is 5.68. The minimum absolute atomic E-state index is 0.0233. The van der Waals surface area contributed by atoms with Gasteiger partial charge in [0.05, 0.1) is 11.7 Å². The van der Waals surface area contributed by atoms with Gasteiger partial charge >= 0.3 is 6.09 Å². The Bertz CT molecular complexity index is 438. The number of nitrogens with one attached hydrogen (secondary N) is 1. The Hall–Kier alpha value is -1.58. The largest absolute Gasteiger partial charge is 0.444 e. The number of rotatable bonds is 1. The number of amides is 1. The zero-order chi connectivity index (χ0) is 13.2. The summed E-state index contributed by atoms with van der Waals surface area (Å²) in [5.74, 6) is 0. The second kappa shape index (κ2) is 4.96. The van der Waals surface area contributed by atoms with E-state index in [-0.39, 0.29) is 12.1 Å². The van der Waals surface area contributed by atoms with E-state index in [9.17, 15) is 4.79 Å². The third kappa shape index (κ3) is 3.22. The van der Waals surface area contributed by atoms with E-state index in [1.807, 2.05) is 26.8 Å². The molecule has 18 heavy (non-hydrogen) atoms. The molecule has 1 aliphatic rings. The summed E-state index contributed by atoms with van der Waals surface area (Å²) in [5.41, 5.74) is 1.74. The Morgan fingerprint density at radius 2 is 2.28 bits per heavy atom. The zero-order valence-electron chi connectivity index (χ0n) is 11.2. The molecule has 0 saturated carbocycles. The third-order valence-corrected chi connectivity index (χ3v) is 2.89. The van der Waals surface area contributed by atoms with Gasteiger partial charge in [0.15, 0.2) is 0 Å². The van der Waals surface area contributed by atoms with Crippen molar-refractivity contribution in [3.63, 3.8) is 0 Å². The molecule has 1 aliphatic carbocycles. The summed E-state index contributed by atoms with van der Waals surface area (Å²) in [5, 5.41) is 2.91. The van der Waals surface area contributed by atoms with Crippen LogP contribution < -0.4 is 5.32 Å². The van der Waals surface area contributed by atoms with Crippen molar-refractivity contribution in [3.8, 4) is 0 Å². The van der Waals surface area contributed by atoms with Gasteiger partial charge in [0.25, 0.3) is 0 Å². The van der Waals surface area contributed by atoms with E-state index in [4.69, 9.17) is 4.74 Å². The number of aromatic nitrogens is 1. The number of hydrogen-bond donors (Lipinski definition) is 1. The number of pyridine rings is 1. The van der Waals surface area contributed by atoms with Crippen molar-refractivity contribution < 1.29 is 9.53 Å². The summed E-state index contributed by atoms with van der Waals surface area (Å²) in [6.45, 7) is 5.58. The van der Waals surface area contributed by atoms with Crippen molar-refractivity contribution in [2.75, 3.05) is 0 Å². The van der Waals surface area contributed by atoms with Crippen LogP contribution in [0.2, 0.25) is 0 Å². The van der Waals surface area contributed by atoms with Crippen LogP contribution in [-0.4, -0.2) is 16.7 Å². The van der Waals surface area contributed by atoms with Crippen LogP contribution in [0.3, 0.4) is 0 Å². The molecule has 4 nitrogen and oxygen atoms in total. The maximum Gasteiger partial charge on any atom is 0.408 e. The van der Waals surface area contributed by atoms with E-state index in [1.165, 1.54) is 5.56 Å². The molecule has 0 fully saturated rings. The van der Waals surface area contributed by atoms with Gasteiger partial charge in [0, 0.05) is 6.20 Å². The number of nitrogens with zero attached hydrogens (tertiary/aromatic N) is 1. The first-order valence-electron chi connectivity index (χ1n) is 6.39. The highest BCUT2D eigenvalue weighted by atomic mass is 16.6. The molecule has 1 amide bonds. The van der Waals surface area contributed by atoms with E-state index in [0.717, 1.165) is 25.0 Å². The minimum Gasteiger partial charge on any atom is -0.444 e. The Morgan fingerprint density at radius 3 is 3.00 bits per heavy atom. The average Bonchev–Trinajstić information content (AvgIpc) is 2.27.